The molecule has 0 saturated heterocycles. The SMILES string of the molecule is CCCCOCCOC(=O)c1ccc2nnc(C)n2c1. The van der Waals surface area contributed by atoms with Gasteiger partial charge in [-0.2, -0.15) is 0 Å². The first-order valence-corrected chi connectivity index (χ1v) is 6.78. The fourth-order valence-electron chi connectivity index (χ4n) is 1.75. The molecular formula is C14H19N3O3. The normalized spacial score (nSPS) is 10.9. The van der Waals surface area contributed by atoms with Crippen molar-refractivity contribution in [1.29, 1.82) is 0 Å². The molecule has 2 rings (SSSR count). The standard InChI is InChI=1S/C14H19N3O3/c1-3-4-7-19-8-9-20-14(18)12-5-6-13-16-15-11(2)17(13)10-12/h5-6,10H,3-4,7-9H2,1-2H3. The summed E-state index contributed by atoms with van der Waals surface area (Å²) in [4.78, 5) is 11.9. The number of hydrogen-bond donors (Lipinski definition) is 0. The van der Waals surface area contributed by atoms with Crippen molar-refractivity contribution in [3.8, 4) is 0 Å². The zero-order valence-electron chi connectivity index (χ0n) is 11.8. The third-order valence-electron chi connectivity index (χ3n) is 2.91. The van der Waals surface area contributed by atoms with Gasteiger partial charge in [-0.1, -0.05) is 13.3 Å². The summed E-state index contributed by atoms with van der Waals surface area (Å²) >= 11 is 0. The van der Waals surface area contributed by atoms with Gasteiger partial charge >= 0.3 is 5.97 Å². The number of unbranched alkanes of at least 4 members (excludes halogenated alkanes) is 1. The Bertz CT molecular complexity index is 580. The van der Waals surface area contributed by atoms with E-state index in [1.165, 1.54) is 0 Å². The summed E-state index contributed by atoms with van der Waals surface area (Å²) in [7, 11) is 0. The summed E-state index contributed by atoms with van der Waals surface area (Å²) in [6.07, 6.45) is 3.81. The number of aryl methyl sites for hydroxylation is 1. The largest absolute Gasteiger partial charge is 0.460 e. The maximum Gasteiger partial charge on any atom is 0.339 e. The zero-order chi connectivity index (χ0) is 14.4. The lowest BCUT2D eigenvalue weighted by atomic mass is 10.3. The summed E-state index contributed by atoms with van der Waals surface area (Å²) in [5.41, 5.74) is 1.19. The number of esters is 1. The molecule has 6 heteroatoms. The van der Waals surface area contributed by atoms with E-state index in [4.69, 9.17) is 9.47 Å². The van der Waals surface area contributed by atoms with Crippen LogP contribution in [0, 0.1) is 6.92 Å². The number of rotatable bonds is 7. The predicted octanol–water partition coefficient (Wildman–Crippen LogP) is 2.01. The van der Waals surface area contributed by atoms with Crippen LogP contribution in [-0.4, -0.2) is 40.4 Å². The van der Waals surface area contributed by atoms with E-state index in [9.17, 15) is 4.79 Å². The van der Waals surface area contributed by atoms with Gasteiger partial charge in [-0.15, -0.1) is 10.2 Å². The van der Waals surface area contributed by atoms with Crippen LogP contribution in [0.3, 0.4) is 0 Å². The lowest BCUT2D eigenvalue weighted by Gasteiger charge is -2.06. The van der Waals surface area contributed by atoms with Gasteiger partial charge in [0.25, 0.3) is 0 Å². The van der Waals surface area contributed by atoms with Gasteiger partial charge in [-0.05, 0) is 25.5 Å². The van der Waals surface area contributed by atoms with Gasteiger partial charge in [-0.25, -0.2) is 4.79 Å². The molecule has 0 fully saturated rings. The zero-order valence-corrected chi connectivity index (χ0v) is 11.8. The Hall–Kier alpha value is -1.95. The first-order chi connectivity index (χ1) is 9.72. The van der Waals surface area contributed by atoms with Crippen LogP contribution in [0.15, 0.2) is 18.3 Å². The van der Waals surface area contributed by atoms with Gasteiger partial charge in [0.05, 0.1) is 12.2 Å². The van der Waals surface area contributed by atoms with E-state index in [-0.39, 0.29) is 12.6 Å². The number of hydrogen-bond acceptors (Lipinski definition) is 5. The van der Waals surface area contributed by atoms with Crippen LogP contribution in [0.1, 0.15) is 35.9 Å². The molecule has 2 aromatic heterocycles. The average molecular weight is 277 g/mol. The molecule has 0 N–H and O–H groups in total. The van der Waals surface area contributed by atoms with E-state index in [0.717, 1.165) is 18.7 Å². The van der Waals surface area contributed by atoms with Gasteiger partial charge in [0.2, 0.25) is 0 Å². The Kier molecular flexibility index (Phi) is 5.06. The number of ether oxygens (including phenoxy) is 2. The van der Waals surface area contributed by atoms with Crippen molar-refractivity contribution in [3.63, 3.8) is 0 Å². The summed E-state index contributed by atoms with van der Waals surface area (Å²) < 4.78 is 12.2. The molecule has 0 aliphatic rings. The average Bonchev–Trinajstić information content (AvgIpc) is 2.83. The highest BCUT2D eigenvalue weighted by Crippen LogP contribution is 2.07. The predicted molar refractivity (Wildman–Crippen MR) is 73.7 cm³/mol. The van der Waals surface area contributed by atoms with Crippen molar-refractivity contribution < 1.29 is 14.3 Å². The minimum absolute atomic E-state index is 0.266. The Labute approximate surface area is 117 Å². The summed E-state index contributed by atoms with van der Waals surface area (Å²) in [5.74, 6) is 0.372. The summed E-state index contributed by atoms with van der Waals surface area (Å²) in [6.45, 7) is 5.34. The van der Waals surface area contributed by atoms with Crippen LogP contribution in [0.5, 0.6) is 0 Å². The molecule has 0 unspecified atom stereocenters. The molecule has 108 valence electrons. The fraction of sp³-hybridized carbons (Fsp3) is 0.500. The lowest BCUT2D eigenvalue weighted by molar-refractivity contribution is 0.0313. The highest BCUT2D eigenvalue weighted by molar-refractivity contribution is 5.89. The second-order valence-corrected chi connectivity index (χ2v) is 4.50. The maximum atomic E-state index is 11.9. The molecule has 0 radical (unpaired) electrons. The van der Waals surface area contributed by atoms with E-state index in [0.29, 0.717) is 24.4 Å². The molecule has 0 bridgehead atoms. The van der Waals surface area contributed by atoms with E-state index < -0.39 is 0 Å². The van der Waals surface area contributed by atoms with Crippen LogP contribution < -0.4 is 0 Å². The monoisotopic (exact) mass is 277 g/mol. The van der Waals surface area contributed by atoms with Crippen molar-refractivity contribution in [1.82, 2.24) is 14.6 Å². The summed E-state index contributed by atoms with van der Waals surface area (Å²) in [6, 6.07) is 3.43. The smallest absolute Gasteiger partial charge is 0.339 e. The van der Waals surface area contributed by atoms with Crippen LogP contribution >= 0.6 is 0 Å². The molecule has 2 heterocycles. The number of pyridine rings is 1. The van der Waals surface area contributed by atoms with E-state index in [1.54, 1.807) is 22.7 Å². The number of carbonyl (C=O) groups is 1. The van der Waals surface area contributed by atoms with Gasteiger partial charge in [0, 0.05) is 12.8 Å². The fourth-order valence-corrected chi connectivity index (χ4v) is 1.75. The summed E-state index contributed by atoms with van der Waals surface area (Å²) in [5, 5.41) is 7.90. The van der Waals surface area contributed by atoms with E-state index in [2.05, 4.69) is 17.1 Å². The van der Waals surface area contributed by atoms with Crippen LogP contribution in [-0.2, 0) is 9.47 Å². The number of nitrogens with zero attached hydrogens (tertiary/aromatic N) is 3. The Morgan fingerprint density at radius 1 is 1.25 bits per heavy atom. The minimum Gasteiger partial charge on any atom is -0.460 e. The van der Waals surface area contributed by atoms with Gasteiger partial charge in [0.15, 0.2) is 5.65 Å². The second-order valence-electron chi connectivity index (χ2n) is 4.50. The highest BCUT2D eigenvalue weighted by Gasteiger charge is 2.09. The van der Waals surface area contributed by atoms with Gasteiger partial charge in [0.1, 0.15) is 12.4 Å². The number of carbonyl (C=O) groups excluding carboxylic acids is 1. The topological polar surface area (TPSA) is 65.7 Å². The second kappa shape index (κ2) is 7.00. The molecule has 0 spiro atoms. The first-order valence-electron chi connectivity index (χ1n) is 6.78. The Morgan fingerprint density at radius 2 is 2.10 bits per heavy atom. The molecule has 2 aromatic rings. The van der Waals surface area contributed by atoms with Crippen LogP contribution in [0.2, 0.25) is 0 Å². The molecule has 0 aliphatic heterocycles. The molecular weight excluding hydrogens is 258 g/mol. The van der Waals surface area contributed by atoms with Crippen LogP contribution in [0.25, 0.3) is 5.65 Å². The molecule has 0 atom stereocenters. The minimum atomic E-state index is -0.362. The quantitative estimate of drug-likeness (QED) is 0.572. The van der Waals surface area contributed by atoms with Crippen molar-refractivity contribution in [2.24, 2.45) is 0 Å². The lowest BCUT2D eigenvalue weighted by Crippen LogP contribution is -2.12. The van der Waals surface area contributed by atoms with E-state index in [1.807, 2.05) is 6.92 Å². The van der Waals surface area contributed by atoms with Crippen molar-refractivity contribution in [3.05, 3.63) is 29.7 Å². The molecule has 0 aromatic carbocycles. The molecule has 20 heavy (non-hydrogen) atoms. The molecule has 0 aliphatic carbocycles. The van der Waals surface area contributed by atoms with Crippen molar-refractivity contribution in [2.45, 2.75) is 26.7 Å². The van der Waals surface area contributed by atoms with Crippen molar-refractivity contribution >= 4 is 11.6 Å². The highest BCUT2D eigenvalue weighted by atomic mass is 16.6. The Morgan fingerprint density at radius 3 is 2.90 bits per heavy atom. The molecule has 0 amide bonds. The Balaban J connectivity index is 1.86. The first kappa shape index (κ1) is 14.5. The van der Waals surface area contributed by atoms with Gasteiger partial charge < -0.3 is 9.47 Å². The third kappa shape index (κ3) is 3.54. The van der Waals surface area contributed by atoms with E-state index >= 15 is 0 Å². The number of aromatic nitrogens is 3. The molecule has 6 nitrogen and oxygen atoms in total. The van der Waals surface area contributed by atoms with Crippen molar-refractivity contribution in [2.75, 3.05) is 19.8 Å². The van der Waals surface area contributed by atoms with Crippen LogP contribution in [0.4, 0.5) is 0 Å². The maximum absolute atomic E-state index is 11.9. The number of fused-ring (bicyclic) bond motifs is 1. The molecule has 0 saturated carbocycles. The third-order valence-corrected chi connectivity index (χ3v) is 2.91. The van der Waals surface area contributed by atoms with Gasteiger partial charge in [-0.3, -0.25) is 4.40 Å².